The van der Waals surface area contributed by atoms with Crippen LogP contribution in [0.4, 0.5) is 0 Å². The number of unbranched alkanes of at least 4 members (excludes halogenated alkanes) is 28. The minimum absolute atomic E-state index is 0.0723. The van der Waals surface area contributed by atoms with Crippen molar-refractivity contribution in [2.24, 2.45) is 5.73 Å². The van der Waals surface area contributed by atoms with Crippen LogP contribution in [0.2, 0.25) is 0 Å². The fourth-order valence-corrected chi connectivity index (χ4v) is 5.70. The van der Waals surface area contributed by atoms with E-state index < -0.39 is 0 Å². The molecule has 0 saturated carbocycles. The molecule has 0 heterocycles. The van der Waals surface area contributed by atoms with Crippen LogP contribution >= 0.6 is 0 Å². The van der Waals surface area contributed by atoms with Crippen molar-refractivity contribution < 1.29 is 9.47 Å². The van der Waals surface area contributed by atoms with Gasteiger partial charge in [0.25, 0.3) is 0 Å². The van der Waals surface area contributed by atoms with Crippen LogP contribution in [-0.2, 0) is 9.47 Å². The molecule has 0 spiro atoms. The van der Waals surface area contributed by atoms with Gasteiger partial charge in [0.2, 0.25) is 0 Å². The third kappa shape index (κ3) is 34.1. The average molecular weight is 568 g/mol. The van der Waals surface area contributed by atoms with E-state index in [2.05, 4.69) is 13.8 Å². The van der Waals surface area contributed by atoms with Crippen LogP contribution in [0.1, 0.15) is 206 Å². The Bertz CT molecular complexity index is 430. The molecule has 3 nitrogen and oxygen atoms in total. The molecule has 0 aliphatic heterocycles. The zero-order chi connectivity index (χ0) is 29.0. The second-order valence-corrected chi connectivity index (χ2v) is 12.7. The molecule has 0 fully saturated rings. The Morgan fingerprint density at radius 3 is 0.950 bits per heavy atom. The topological polar surface area (TPSA) is 44.5 Å². The number of nitrogens with two attached hydrogens (primary N) is 1. The van der Waals surface area contributed by atoms with Crippen LogP contribution in [0.15, 0.2) is 0 Å². The summed E-state index contributed by atoms with van der Waals surface area (Å²) in [6.07, 6.45) is 42.1. The highest BCUT2D eigenvalue weighted by Gasteiger charge is 2.07. The molecule has 242 valence electrons. The molecule has 40 heavy (non-hydrogen) atoms. The van der Waals surface area contributed by atoms with E-state index in [-0.39, 0.29) is 6.10 Å². The van der Waals surface area contributed by atoms with Gasteiger partial charge >= 0.3 is 0 Å². The van der Waals surface area contributed by atoms with Crippen LogP contribution in [0, 0.1) is 0 Å². The highest BCUT2D eigenvalue weighted by Crippen LogP contribution is 2.15. The van der Waals surface area contributed by atoms with Gasteiger partial charge < -0.3 is 15.2 Å². The lowest BCUT2D eigenvalue weighted by molar-refractivity contribution is -0.0136. The van der Waals surface area contributed by atoms with Crippen molar-refractivity contribution in [3.05, 3.63) is 0 Å². The quantitative estimate of drug-likeness (QED) is 0.0766. The molecule has 0 saturated heterocycles. The first-order chi connectivity index (χ1) is 19.8. The predicted octanol–water partition coefficient (Wildman–Crippen LogP) is 12.1. The molecule has 0 aliphatic rings. The number of ether oxygens (including phenoxy) is 2. The van der Waals surface area contributed by atoms with E-state index in [0.29, 0.717) is 13.2 Å². The molecule has 0 aromatic carbocycles. The Morgan fingerprint density at radius 1 is 0.375 bits per heavy atom. The summed E-state index contributed by atoms with van der Waals surface area (Å²) in [5.41, 5.74) is 5.90. The van der Waals surface area contributed by atoms with Crippen molar-refractivity contribution in [1.82, 2.24) is 0 Å². The first-order valence-corrected chi connectivity index (χ1v) is 18.7. The van der Waals surface area contributed by atoms with E-state index in [4.69, 9.17) is 15.2 Å². The molecule has 0 amide bonds. The molecule has 3 heteroatoms. The molecule has 1 atom stereocenters. The summed E-state index contributed by atoms with van der Waals surface area (Å²) in [6.45, 7) is 7.51. The lowest BCUT2D eigenvalue weighted by Gasteiger charge is -2.16. The second-order valence-electron chi connectivity index (χ2n) is 12.7. The Labute approximate surface area is 253 Å². The Morgan fingerprint density at radius 2 is 0.650 bits per heavy atom. The van der Waals surface area contributed by atoms with Gasteiger partial charge in [-0.1, -0.05) is 194 Å². The maximum Gasteiger partial charge on any atom is 0.0930 e. The number of rotatable bonds is 36. The van der Waals surface area contributed by atoms with Crippen molar-refractivity contribution in [3.63, 3.8) is 0 Å². The minimum atomic E-state index is 0.0723. The van der Waals surface area contributed by atoms with E-state index in [1.54, 1.807) is 0 Å². The lowest BCUT2D eigenvalue weighted by Crippen LogP contribution is -2.29. The van der Waals surface area contributed by atoms with Gasteiger partial charge in [0, 0.05) is 19.8 Å². The maximum atomic E-state index is 5.98. The zero-order valence-electron chi connectivity index (χ0n) is 28.0. The smallest absolute Gasteiger partial charge is 0.0930 e. The van der Waals surface area contributed by atoms with Gasteiger partial charge in [0.1, 0.15) is 0 Å². The molecule has 0 aromatic rings. The SMILES string of the molecule is CCCCCCCCCCCCCCCCCCOCC(CN)OCCCCCCCCCCCCCCCC. The summed E-state index contributed by atoms with van der Waals surface area (Å²) in [4.78, 5) is 0. The minimum Gasteiger partial charge on any atom is -0.379 e. The first-order valence-electron chi connectivity index (χ1n) is 18.7. The Hall–Kier alpha value is -0.120. The van der Waals surface area contributed by atoms with Gasteiger partial charge in [-0.15, -0.1) is 0 Å². The fourth-order valence-electron chi connectivity index (χ4n) is 5.70. The fraction of sp³-hybridized carbons (Fsp3) is 1.00. The van der Waals surface area contributed by atoms with Crippen molar-refractivity contribution in [2.75, 3.05) is 26.4 Å². The van der Waals surface area contributed by atoms with Crippen LogP contribution in [0.3, 0.4) is 0 Å². The number of hydrogen-bond donors (Lipinski definition) is 1. The highest BCUT2D eigenvalue weighted by molar-refractivity contribution is 4.58. The van der Waals surface area contributed by atoms with E-state index in [9.17, 15) is 0 Å². The zero-order valence-corrected chi connectivity index (χ0v) is 28.0. The summed E-state index contributed by atoms with van der Waals surface area (Å²) in [5, 5.41) is 0. The normalized spacial score (nSPS) is 12.4. The molecular formula is C37H77NO2. The van der Waals surface area contributed by atoms with Crippen LogP contribution in [-0.4, -0.2) is 32.5 Å². The standard InChI is InChI=1S/C37H77NO2/c1-3-5-7-9-11-13-15-17-19-20-21-23-25-27-29-31-33-39-36-37(35-38)40-34-32-30-28-26-24-22-18-16-14-12-10-8-6-4-2/h37H,3-36,38H2,1-2H3. The summed E-state index contributed by atoms with van der Waals surface area (Å²) >= 11 is 0. The predicted molar refractivity (Wildman–Crippen MR) is 179 cm³/mol. The molecule has 0 rings (SSSR count). The second kappa shape index (κ2) is 36.9. The third-order valence-electron chi connectivity index (χ3n) is 8.56. The summed E-state index contributed by atoms with van der Waals surface area (Å²) in [7, 11) is 0. The van der Waals surface area contributed by atoms with Gasteiger partial charge in [-0.25, -0.2) is 0 Å². The molecule has 1 unspecified atom stereocenters. The number of hydrogen-bond acceptors (Lipinski definition) is 3. The van der Waals surface area contributed by atoms with Gasteiger partial charge in [-0.2, -0.15) is 0 Å². The van der Waals surface area contributed by atoms with Gasteiger partial charge in [-0.3, -0.25) is 0 Å². The maximum absolute atomic E-state index is 5.98. The molecule has 0 bridgehead atoms. The van der Waals surface area contributed by atoms with Crippen molar-refractivity contribution >= 4 is 0 Å². The summed E-state index contributed by atoms with van der Waals surface area (Å²) in [5.74, 6) is 0. The van der Waals surface area contributed by atoms with Crippen LogP contribution in [0.25, 0.3) is 0 Å². The molecular weight excluding hydrogens is 490 g/mol. The lowest BCUT2D eigenvalue weighted by atomic mass is 10.0. The van der Waals surface area contributed by atoms with E-state index in [0.717, 1.165) is 19.6 Å². The Balaban J connectivity index is 3.24. The van der Waals surface area contributed by atoms with Gasteiger partial charge in [-0.05, 0) is 12.8 Å². The molecule has 0 radical (unpaired) electrons. The van der Waals surface area contributed by atoms with Gasteiger partial charge in [0.05, 0.1) is 12.7 Å². The van der Waals surface area contributed by atoms with E-state index >= 15 is 0 Å². The molecule has 0 aliphatic carbocycles. The molecule has 0 aromatic heterocycles. The van der Waals surface area contributed by atoms with Crippen molar-refractivity contribution in [3.8, 4) is 0 Å². The van der Waals surface area contributed by atoms with Crippen LogP contribution in [0.5, 0.6) is 0 Å². The molecule has 2 N–H and O–H groups in total. The highest BCUT2D eigenvalue weighted by atomic mass is 16.5. The summed E-state index contributed by atoms with van der Waals surface area (Å²) < 4.78 is 11.9. The Kier molecular flexibility index (Phi) is 36.8. The van der Waals surface area contributed by atoms with Crippen molar-refractivity contribution in [1.29, 1.82) is 0 Å². The first kappa shape index (κ1) is 39.9. The third-order valence-corrected chi connectivity index (χ3v) is 8.56. The largest absolute Gasteiger partial charge is 0.379 e. The average Bonchev–Trinajstić information content (AvgIpc) is 2.97. The van der Waals surface area contributed by atoms with E-state index in [1.807, 2.05) is 0 Å². The summed E-state index contributed by atoms with van der Waals surface area (Å²) in [6, 6.07) is 0. The van der Waals surface area contributed by atoms with Crippen LogP contribution < -0.4 is 5.73 Å². The van der Waals surface area contributed by atoms with E-state index in [1.165, 1.54) is 186 Å². The van der Waals surface area contributed by atoms with Gasteiger partial charge in [0.15, 0.2) is 0 Å². The monoisotopic (exact) mass is 568 g/mol. The van der Waals surface area contributed by atoms with Crippen molar-refractivity contribution in [2.45, 2.75) is 213 Å².